The molecule has 2 aliphatic rings. The SMILES string of the molecule is CCC1(C)CC(OC(=O)C(CCC#N)(Cc2cc(C(C)C)c(O)c(C(C)(C)C)c2)C(=O)OC2CC(C)(CC)NC(C)(C)C2C)C(C)C(C)(C)N1. The van der Waals surface area contributed by atoms with Crippen molar-refractivity contribution in [3.8, 4) is 11.8 Å². The smallest absolute Gasteiger partial charge is 0.324 e. The number of nitriles is 1. The predicted octanol–water partition coefficient (Wildman–Crippen LogP) is 8.62. The molecular weight excluding hydrogens is 626 g/mol. The summed E-state index contributed by atoms with van der Waals surface area (Å²) in [5.41, 5.74) is -1.11. The highest BCUT2D eigenvalue weighted by Crippen LogP contribution is 2.44. The van der Waals surface area contributed by atoms with E-state index in [0.29, 0.717) is 12.8 Å². The second-order valence-electron chi connectivity index (χ2n) is 18.8. The largest absolute Gasteiger partial charge is 0.507 e. The van der Waals surface area contributed by atoms with E-state index in [9.17, 15) is 10.4 Å². The van der Waals surface area contributed by atoms with E-state index in [-0.39, 0.29) is 64.9 Å². The second-order valence-corrected chi connectivity index (χ2v) is 18.8. The van der Waals surface area contributed by atoms with Crippen molar-refractivity contribution >= 4 is 11.9 Å². The fourth-order valence-electron chi connectivity index (χ4n) is 8.28. The van der Waals surface area contributed by atoms with Crippen molar-refractivity contribution in [1.82, 2.24) is 10.6 Å². The molecule has 2 fully saturated rings. The van der Waals surface area contributed by atoms with Crippen LogP contribution in [-0.4, -0.2) is 51.4 Å². The molecule has 0 radical (unpaired) electrons. The monoisotopic (exact) mass is 696 g/mol. The van der Waals surface area contributed by atoms with Crippen molar-refractivity contribution in [3.05, 3.63) is 28.8 Å². The summed E-state index contributed by atoms with van der Waals surface area (Å²) in [6.07, 6.45) is 1.93. The Kier molecular flexibility index (Phi) is 12.4. The number of hydrogen-bond donors (Lipinski definition) is 3. The third-order valence-corrected chi connectivity index (χ3v) is 12.6. The summed E-state index contributed by atoms with van der Waals surface area (Å²) in [6.45, 7) is 31.4. The first-order valence-corrected chi connectivity index (χ1v) is 19.0. The lowest BCUT2D eigenvalue weighted by Gasteiger charge is -2.52. The Morgan fingerprint density at radius 2 is 1.34 bits per heavy atom. The number of carbonyl (C=O) groups is 2. The van der Waals surface area contributed by atoms with Crippen molar-refractivity contribution in [1.29, 1.82) is 5.26 Å². The number of carbonyl (C=O) groups excluding carboxylic acids is 2. The van der Waals surface area contributed by atoms with Gasteiger partial charge in [0.2, 0.25) is 0 Å². The number of phenols is 1. The van der Waals surface area contributed by atoms with Crippen molar-refractivity contribution in [2.75, 3.05) is 0 Å². The van der Waals surface area contributed by atoms with E-state index in [1.165, 1.54) is 0 Å². The molecule has 0 amide bonds. The number of piperidine rings is 2. The number of nitrogens with one attached hydrogen (secondary N) is 2. The van der Waals surface area contributed by atoms with Crippen molar-refractivity contribution < 1.29 is 24.2 Å². The van der Waals surface area contributed by atoms with E-state index in [2.05, 4.69) is 85.9 Å². The molecule has 3 rings (SSSR count). The van der Waals surface area contributed by atoms with Gasteiger partial charge in [0.25, 0.3) is 0 Å². The fraction of sp³-hybridized carbons (Fsp3) is 0.786. The highest BCUT2D eigenvalue weighted by atomic mass is 16.6. The van der Waals surface area contributed by atoms with Gasteiger partial charge in [0.1, 0.15) is 18.0 Å². The molecule has 3 N–H and O–H groups in total. The van der Waals surface area contributed by atoms with Crippen LogP contribution in [0.3, 0.4) is 0 Å². The van der Waals surface area contributed by atoms with Crippen LogP contribution in [0.5, 0.6) is 5.75 Å². The molecule has 6 unspecified atom stereocenters. The summed E-state index contributed by atoms with van der Waals surface area (Å²) in [4.78, 5) is 30.1. The summed E-state index contributed by atoms with van der Waals surface area (Å²) in [6, 6.07) is 6.04. The average molecular weight is 696 g/mol. The molecule has 0 aromatic heterocycles. The molecule has 2 heterocycles. The topological polar surface area (TPSA) is 121 Å². The number of aromatic hydroxyl groups is 1. The molecule has 6 atom stereocenters. The van der Waals surface area contributed by atoms with Gasteiger partial charge in [-0.05, 0) is 95.2 Å². The van der Waals surface area contributed by atoms with Gasteiger partial charge in [-0.3, -0.25) is 9.59 Å². The van der Waals surface area contributed by atoms with Crippen LogP contribution in [0, 0.1) is 28.6 Å². The molecule has 1 aromatic rings. The molecule has 2 aliphatic heterocycles. The quantitative estimate of drug-likeness (QED) is 0.156. The molecule has 0 bridgehead atoms. The van der Waals surface area contributed by atoms with Crippen molar-refractivity contribution in [2.45, 2.75) is 194 Å². The van der Waals surface area contributed by atoms with Gasteiger partial charge < -0.3 is 25.2 Å². The van der Waals surface area contributed by atoms with Gasteiger partial charge in [-0.2, -0.15) is 5.26 Å². The van der Waals surface area contributed by atoms with Crippen LogP contribution in [0.4, 0.5) is 0 Å². The summed E-state index contributed by atoms with van der Waals surface area (Å²) in [5, 5.41) is 28.8. The Morgan fingerprint density at radius 3 is 1.70 bits per heavy atom. The third-order valence-electron chi connectivity index (χ3n) is 12.6. The number of esters is 2. The first-order chi connectivity index (χ1) is 22.8. The molecule has 2 saturated heterocycles. The fourth-order valence-corrected chi connectivity index (χ4v) is 8.28. The van der Waals surface area contributed by atoms with E-state index in [1.54, 1.807) is 0 Å². The lowest BCUT2D eigenvalue weighted by molar-refractivity contribution is -0.188. The minimum absolute atomic E-state index is 0.00227. The minimum Gasteiger partial charge on any atom is -0.507 e. The Balaban J connectivity index is 2.24. The Bertz CT molecular complexity index is 1370. The van der Waals surface area contributed by atoms with Crippen LogP contribution in [0.2, 0.25) is 0 Å². The van der Waals surface area contributed by atoms with Crippen molar-refractivity contribution in [2.24, 2.45) is 17.3 Å². The molecule has 8 nitrogen and oxygen atoms in total. The first-order valence-electron chi connectivity index (χ1n) is 19.0. The maximum absolute atomic E-state index is 15.0. The summed E-state index contributed by atoms with van der Waals surface area (Å²) >= 11 is 0. The lowest BCUT2D eigenvalue weighted by atomic mass is 9.71. The molecule has 50 heavy (non-hydrogen) atoms. The molecule has 1 aromatic carbocycles. The number of benzene rings is 1. The zero-order valence-corrected chi connectivity index (χ0v) is 34.0. The van der Waals surface area contributed by atoms with Gasteiger partial charge in [-0.1, -0.05) is 74.4 Å². The number of hydrogen-bond acceptors (Lipinski definition) is 8. The average Bonchev–Trinajstić information content (AvgIpc) is 2.99. The molecule has 0 spiro atoms. The number of rotatable bonds is 11. The zero-order valence-electron chi connectivity index (χ0n) is 34.0. The highest BCUT2D eigenvalue weighted by molar-refractivity contribution is 6.00. The maximum Gasteiger partial charge on any atom is 0.324 e. The highest BCUT2D eigenvalue weighted by Gasteiger charge is 2.55. The number of nitrogens with zero attached hydrogens (tertiary/aromatic N) is 1. The van der Waals surface area contributed by atoms with Gasteiger partial charge in [-0.15, -0.1) is 0 Å². The van der Waals surface area contributed by atoms with Crippen LogP contribution in [0.1, 0.15) is 165 Å². The van der Waals surface area contributed by atoms with Gasteiger partial charge >= 0.3 is 11.9 Å². The number of phenolic OH excluding ortho intramolecular Hbond substituents is 1. The lowest BCUT2D eigenvalue weighted by Crippen LogP contribution is -2.66. The first kappa shape index (κ1) is 41.8. The van der Waals surface area contributed by atoms with E-state index in [1.807, 2.05) is 46.8 Å². The van der Waals surface area contributed by atoms with Crippen LogP contribution < -0.4 is 10.6 Å². The molecule has 0 saturated carbocycles. The minimum atomic E-state index is -1.77. The molecule has 0 aliphatic carbocycles. The molecule has 282 valence electrons. The van der Waals surface area contributed by atoms with Crippen LogP contribution in [-0.2, 0) is 30.9 Å². The van der Waals surface area contributed by atoms with Crippen molar-refractivity contribution in [3.63, 3.8) is 0 Å². The van der Waals surface area contributed by atoms with Gasteiger partial charge in [-0.25, -0.2) is 0 Å². The second kappa shape index (κ2) is 14.8. The van der Waals surface area contributed by atoms with E-state index in [4.69, 9.17) is 9.47 Å². The number of ether oxygens (including phenoxy) is 2. The predicted molar refractivity (Wildman–Crippen MR) is 201 cm³/mol. The van der Waals surface area contributed by atoms with Gasteiger partial charge in [0, 0.05) is 53.3 Å². The summed E-state index contributed by atoms with van der Waals surface area (Å²) < 4.78 is 13.1. The van der Waals surface area contributed by atoms with Crippen LogP contribution >= 0.6 is 0 Å². The Morgan fingerprint density at radius 1 is 0.900 bits per heavy atom. The van der Waals surface area contributed by atoms with E-state index >= 15 is 9.59 Å². The standard InChI is InChI=1S/C42H69N3O5/c1-16-40(14)24-32(27(5)38(10,11)44-40)49-35(47)42(19-18-20-43,23-29-21-30(26(3)4)34(46)31(22-29)37(7,8)9)36(48)50-33-25-41(15,17-2)45-39(12,13)28(33)6/h21-22,26-28,32-33,44-46H,16-19,23-25H2,1-15H3. The maximum atomic E-state index is 15.0. The third kappa shape index (κ3) is 8.69. The Hall–Kier alpha value is -2.63. The normalized spacial score (nSPS) is 30.6. The summed E-state index contributed by atoms with van der Waals surface area (Å²) in [7, 11) is 0. The van der Waals surface area contributed by atoms with Gasteiger partial charge in [0.15, 0.2) is 5.41 Å². The molecular formula is C42H69N3O5. The van der Waals surface area contributed by atoms with E-state index in [0.717, 1.165) is 29.5 Å². The van der Waals surface area contributed by atoms with E-state index < -0.39 is 35.0 Å². The summed E-state index contributed by atoms with van der Waals surface area (Å²) in [5.74, 6) is -1.13. The van der Waals surface area contributed by atoms with Crippen LogP contribution in [0.15, 0.2) is 12.1 Å². The molecule has 8 heteroatoms. The van der Waals surface area contributed by atoms with Gasteiger partial charge in [0.05, 0.1) is 6.07 Å². The zero-order chi connectivity index (χ0) is 38.3. The van der Waals surface area contributed by atoms with Crippen LogP contribution in [0.25, 0.3) is 0 Å². The Labute approximate surface area is 303 Å².